The smallest absolute Gasteiger partial charge is 0.128 e. The molecule has 2 nitrogen and oxygen atoms in total. The van der Waals surface area contributed by atoms with Gasteiger partial charge in [0.25, 0.3) is 0 Å². The highest BCUT2D eigenvalue weighted by atomic mass is 79.9. The van der Waals surface area contributed by atoms with Crippen LogP contribution in [-0.2, 0) is 0 Å². The molecule has 1 atom stereocenters. The lowest BCUT2D eigenvalue weighted by molar-refractivity contribution is 0.160. The summed E-state index contributed by atoms with van der Waals surface area (Å²) in [6.07, 6.45) is 4.25. The second-order valence-electron chi connectivity index (χ2n) is 5.75. The molecule has 1 aromatic carbocycles. The minimum absolute atomic E-state index is 0.114. The van der Waals surface area contributed by atoms with E-state index in [-0.39, 0.29) is 11.9 Å². The Bertz CT molecular complexity index is 428. The molecule has 2 rings (SSSR count). The van der Waals surface area contributed by atoms with E-state index in [0.717, 1.165) is 35.7 Å². The molecule has 1 aliphatic rings. The van der Waals surface area contributed by atoms with Crippen LogP contribution in [0.2, 0.25) is 0 Å². The summed E-state index contributed by atoms with van der Waals surface area (Å²) in [7, 11) is 4.05. The minimum Gasteiger partial charge on any atom is -0.328 e. The van der Waals surface area contributed by atoms with Crippen LogP contribution in [0.15, 0.2) is 22.7 Å². The van der Waals surface area contributed by atoms with E-state index in [9.17, 15) is 4.39 Å². The summed E-state index contributed by atoms with van der Waals surface area (Å²) in [4.78, 5) is 2.13. The molecule has 0 aromatic heterocycles. The molecular weight excluding hydrogens is 307 g/mol. The van der Waals surface area contributed by atoms with Crippen molar-refractivity contribution in [2.75, 3.05) is 14.1 Å². The molecule has 0 aliphatic heterocycles. The highest BCUT2D eigenvalue weighted by molar-refractivity contribution is 9.10. The SMILES string of the molecule is CN(C)C(c1cc(Br)ccc1F)C1CCC(N)CC1. The highest BCUT2D eigenvalue weighted by Crippen LogP contribution is 2.38. The maximum atomic E-state index is 14.1. The van der Waals surface area contributed by atoms with E-state index in [0.29, 0.717) is 12.0 Å². The Morgan fingerprint density at radius 3 is 2.47 bits per heavy atom. The lowest BCUT2D eigenvalue weighted by Crippen LogP contribution is -2.34. The van der Waals surface area contributed by atoms with Crippen molar-refractivity contribution in [3.05, 3.63) is 34.1 Å². The van der Waals surface area contributed by atoms with Gasteiger partial charge in [0, 0.05) is 22.1 Å². The average Bonchev–Trinajstić information content (AvgIpc) is 2.36. The Morgan fingerprint density at radius 2 is 1.89 bits per heavy atom. The Labute approximate surface area is 123 Å². The number of hydrogen-bond acceptors (Lipinski definition) is 2. The van der Waals surface area contributed by atoms with Crippen molar-refractivity contribution in [1.82, 2.24) is 4.90 Å². The van der Waals surface area contributed by atoms with Gasteiger partial charge in [0.1, 0.15) is 5.82 Å². The molecule has 0 heterocycles. The molecule has 1 aromatic rings. The summed E-state index contributed by atoms with van der Waals surface area (Å²) in [5.41, 5.74) is 6.76. The van der Waals surface area contributed by atoms with Crippen molar-refractivity contribution in [1.29, 1.82) is 0 Å². The van der Waals surface area contributed by atoms with Crippen LogP contribution < -0.4 is 5.73 Å². The monoisotopic (exact) mass is 328 g/mol. The quantitative estimate of drug-likeness (QED) is 0.916. The van der Waals surface area contributed by atoms with Gasteiger partial charge >= 0.3 is 0 Å². The van der Waals surface area contributed by atoms with Gasteiger partial charge in [-0.15, -0.1) is 0 Å². The topological polar surface area (TPSA) is 29.3 Å². The van der Waals surface area contributed by atoms with Gasteiger partial charge in [0.05, 0.1) is 0 Å². The van der Waals surface area contributed by atoms with Crippen molar-refractivity contribution in [2.45, 2.75) is 37.8 Å². The fourth-order valence-electron chi connectivity index (χ4n) is 3.16. The van der Waals surface area contributed by atoms with Gasteiger partial charge in [-0.2, -0.15) is 0 Å². The van der Waals surface area contributed by atoms with Crippen LogP contribution in [0.1, 0.15) is 37.3 Å². The van der Waals surface area contributed by atoms with Crippen molar-refractivity contribution < 1.29 is 4.39 Å². The van der Waals surface area contributed by atoms with Gasteiger partial charge in [0.15, 0.2) is 0 Å². The third-order valence-corrected chi connectivity index (χ3v) is 4.59. The molecule has 2 N–H and O–H groups in total. The molecule has 0 amide bonds. The summed E-state index contributed by atoms with van der Waals surface area (Å²) in [5.74, 6) is 0.371. The summed E-state index contributed by atoms with van der Waals surface area (Å²) in [6.45, 7) is 0. The standard InChI is InChI=1S/C15H22BrFN2/c1-19(2)15(10-3-6-12(18)7-4-10)13-9-11(16)5-8-14(13)17/h5,8-10,12,15H,3-4,6-7,18H2,1-2H3. The van der Waals surface area contributed by atoms with Crippen molar-refractivity contribution in [2.24, 2.45) is 11.7 Å². The fraction of sp³-hybridized carbons (Fsp3) is 0.600. The molecule has 106 valence electrons. The van der Waals surface area contributed by atoms with Crippen LogP contribution in [0.25, 0.3) is 0 Å². The lowest BCUT2D eigenvalue weighted by Gasteiger charge is -2.37. The number of rotatable bonds is 3. The number of nitrogens with zero attached hydrogens (tertiary/aromatic N) is 1. The molecular formula is C15H22BrFN2. The molecule has 19 heavy (non-hydrogen) atoms. The Kier molecular flexibility index (Phi) is 4.98. The third kappa shape index (κ3) is 3.56. The van der Waals surface area contributed by atoms with Crippen LogP contribution in [0.5, 0.6) is 0 Å². The number of hydrogen-bond donors (Lipinski definition) is 1. The Hall–Kier alpha value is -0.450. The molecule has 0 radical (unpaired) electrons. The van der Waals surface area contributed by atoms with Crippen LogP contribution in [0, 0.1) is 11.7 Å². The molecule has 0 spiro atoms. The summed E-state index contributed by atoms with van der Waals surface area (Å²) < 4.78 is 15.1. The zero-order valence-electron chi connectivity index (χ0n) is 11.6. The van der Waals surface area contributed by atoms with Crippen LogP contribution in [-0.4, -0.2) is 25.0 Å². The van der Waals surface area contributed by atoms with Gasteiger partial charge in [-0.05, 0) is 63.9 Å². The second-order valence-corrected chi connectivity index (χ2v) is 6.66. The van der Waals surface area contributed by atoms with Gasteiger partial charge in [-0.3, -0.25) is 0 Å². The first-order valence-electron chi connectivity index (χ1n) is 6.86. The van der Waals surface area contributed by atoms with E-state index in [4.69, 9.17) is 5.73 Å². The average molecular weight is 329 g/mol. The van der Waals surface area contributed by atoms with Gasteiger partial charge < -0.3 is 10.6 Å². The van der Waals surface area contributed by atoms with Crippen LogP contribution >= 0.6 is 15.9 Å². The van der Waals surface area contributed by atoms with Crippen LogP contribution in [0.3, 0.4) is 0 Å². The van der Waals surface area contributed by atoms with Crippen LogP contribution in [0.4, 0.5) is 4.39 Å². The third-order valence-electron chi connectivity index (χ3n) is 4.10. The molecule has 4 heteroatoms. The van der Waals surface area contributed by atoms with E-state index < -0.39 is 0 Å². The zero-order valence-corrected chi connectivity index (χ0v) is 13.2. The molecule has 0 saturated heterocycles. The van der Waals surface area contributed by atoms with Crippen molar-refractivity contribution >= 4 is 15.9 Å². The minimum atomic E-state index is -0.114. The van der Waals surface area contributed by atoms with Gasteiger partial charge in [-0.25, -0.2) is 4.39 Å². The van der Waals surface area contributed by atoms with E-state index in [1.165, 1.54) is 0 Å². The number of benzene rings is 1. The summed E-state index contributed by atoms with van der Waals surface area (Å²) in [6, 6.07) is 5.66. The predicted molar refractivity (Wildman–Crippen MR) is 80.5 cm³/mol. The van der Waals surface area contributed by atoms with E-state index in [2.05, 4.69) is 20.8 Å². The fourth-order valence-corrected chi connectivity index (χ4v) is 3.53. The first-order valence-corrected chi connectivity index (χ1v) is 7.65. The molecule has 1 unspecified atom stereocenters. The number of nitrogens with two attached hydrogens (primary N) is 1. The first-order chi connectivity index (χ1) is 8.99. The zero-order chi connectivity index (χ0) is 14.0. The normalized spacial score (nSPS) is 25.6. The molecule has 1 aliphatic carbocycles. The molecule has 1 saturated carbocycles. The van der Waals surface area contributed by atoms with E-state index in [1.54, 1.807) is 12.1 Å². The summed E-state index contributed by atoms with van der Waals surface area (Å²) in [5, 5.41) is 0. The van der Waals surface area contributed by atoms with E-state index in [1.807, 2.05) is 20.2 Å². The maximum Gasteiger partial charge on any atom is 0.128 e. The first kappa shape index (κ1) is 14.9. The second kappa shape index (κ2) is 6.33. The van der Waals surface area contributed by atoms with Crippen molar-refractivity contribution in [3.8, 4) is 0 Å². The molecule has 0 bridgehead atoms. The van der Waals surface area contributed by atoms with Gasteiger partial charge in [0.2, 0.25) is 0 Å². The lowest BCUT2D eigenvalue weighted by atomic mass is 9.79. The maximum absolute atomic E-state index is 14.1. The van der Waals surface area contributed by atoms with Gasteiger partial charge in [-0.1, -0.05) is 15.9 Å². The number of halogens is 2. The Morgan fingerprint density at radius 1 is 1.26 bits per heavy atom. The van der Waals surface area contributed by atoms with Crippen molar-refractivity contribution in [3.63, 3.8) is 0 Å². The Balaban J connectivity index is 2.27. The largest absolute Gasteiger partial charge is 0.328 e. The molecule has 1 fully saturated rings. The summed E-state index contributed by atoms with van der Waals surface area (Å²) >= 11 is 3.44. The highest BCUT2D eigenvalue weighted by Gasteiger charge is 2.30. The van der Waals surface area contributed by atoms with E-state index >= 15 is 0 Å². The predicted octanol–water partition coefficient (Wildman–Crippen LogP) is 3.71.